The zero-order chi connectivity index (χ0) is 18.1. The number of benzene rings is 1. The van der Waals surface area contributed by atoms with Gasteiger partial charge in [-0.2, -0.15) is 26.3 Å². The van der Waals surface area contributed by atoms with Gasteiger partial charge in [0, 0.05) is 11.8 Å². The predicted octanol–water partition coefficient (Wildman–Crippen LogP) is 3.80. The summed E-state index contributed by atoms with van der Waals surface area (Å²) in [4.78, 5) is 11.2. The lowest BCUT2D eigenvalue weighted by atomic mass is 10.0. The first-order valence-electron chi connectivity index (χ1n) is 5.75. The van der Waals surface area contributed by atoms with Gasteiger partial charge < -0.3 is 10.1 Å². The van der Waals surface area contributed by atoms with Gasteiger partial charge in [0.05, 0.1) is 7.11 Å². The second-order valence-electron chi connectivity index (χ2n) is 4.26. The Morgan fingerprint density at radius 2 is 1.70 bits per heavy atom. The minimum atomic E-state index is -6.60. The van der Waals surface area contributed by atoms with E-state index in [9.17, 15) is 39.9 Å². The van der Waals surface area contributed by atoms with E-state index in [2.05, 4.69) is 4.74 Å². The molecule has 1 amide bonds. The first kappa shape index (κ1) is 19.0. The van der Waals surface area contributed by atoms with E-state index in [1.165, 1.54) is 24.6 Å². The number of amides is 1. The molecule has 1 rings (SSSR count). The molecule has 0 bridgehead atoms. The molecule has 0 spiro atoms. The number of nitrogens with one attached hydrogen (secondary N) is 1. The molecular formula is C12H9F8NO2. The van der Waals surface area contributed by atoms with Crippen molar-refractivity contribution in [2.24, 2.45) is 0 Å². The molecule has 3 nitrogen and oxygen atoms in total. The van der Waals surface area contributed by atoms with Gasteiger partial charge >= 0.3 is 30.1 Å². The highest BCUT2D eigenvalue weighted by Gasteiger charge is 2.78. The normalized spacial score (nSPS) is 13.1. The Bertz CT molecular complexity index is 576. The number of ether oxygens (including phenoxy) is 1. The van der Waals surface area contributed by atoms with Crippen LogP contribution >= 0.6 is 0 Å². The third kappa shape index (κ3) is 3.32. The van der Waals surface area contributed by atoms with E-state index in [1.54, 1.807) is 0 Å². The molecular weight excluding hydrogens is 342 g/mol. The van der Waals surface area contributed by atoms with Crippen LogP contribution in [0, 0.1) is 0 Å². The lowest BCUT2D eigenvalue weighted by Crippen LogP contribution is -2.61. The van der Waals surface area contributed by atoms with E-state index in [0.717, 1.165) is 12.1 Å². The van der Waals surface area contributed by atoms with E-state index in [-0.39, 0.29) is 5.75 Å². The lowest BCUT2D eigenvalue weighted by Gasteiger charge is -2.31. The molecule has 0 saturated carbocycles. The summed E-state index contributed by atoms with van der Waals surface area (Å²) in [5.41, 5.74) is -0.481. The third-order valence-corrected chi connectivity index (χ3v) is 2.70. The van der Waals surface area contributed by atoms with Crippen LogP contribution in [0.1, 0.15) is 0 Å². The van der Waals surface area contributed by atoms with Gasteiger partial charge in [0.2, 0.25) is 0 Å². The van der Waals surface area contributed by atoms with E-state index < -0.39 is 35.8 Å². The summed E-state index contributed by atoms with van der Waals surface area (Å²) >= 11 is 0. The molecule has 0 fully saturated rings. The van der Waals surface area contributed by atoms with Gasteiger partial charge in [-0.15, -0.1) is 0 Å². The fourth-order valence-corrected chi connectivity index (χ4v) is 1.40. The Kier molecular flexibility index (Phi) is 5.12. The maximum absolute atomic E-state index is 13.3. The summed E-state index contributed by atoms with van der Waals surface area (Å²) in [6.45, 7) is 0. The Morgan fingerprint density at radius 1 is 1.13 bits per heavy atom. The zero-order valence-electron chi connectivity index (χ0n) is 11.2. The minimum Gasteiger partial charge on any atom is -0.497 e. The third-order valence-electron chi connectivity index (χ3n) is 2.70. The molecule has 0 radical (unpaired) electrons. The number of anilines is 1. The summed E-state index contributed by atoms with van der Waals surface area (Å²) < 4.78 is 107. The van der Waals surface area contributed by atoms with E-state index in [1.807, 2.05) is 0 Å². The molecule has 0 saturated heterocycles. The Labute approximate surface area is 124 Å². The first-order valence-corrected chi connectivity index (χ1v) is 5.75. The van der Waals surface area contributed by atoms with Crippen molar-refractivity contribution in [2.45, 2.75) is 24.2 Å². The van der Waals surface area contributed by atoms with Gasteiger partial charge in [0.15, 0.2) is 0 Å². The molecule has 1 N–H and O–H groups in total. The fourth-order valence-electron chi connectivity index (χ4n) is 1.40. The van der Waals surface area contributed by atoms with Crippen molar-refractivity contribution in [1.82, 2.24) is 0 Å². The fraction of sp³-hybridized carbons (Fsp3) is 0.417. The monoisotopic (exact) mass is 351 g/mol. The van der Waals surface area contributed by atoms with Crippen molar-refractivity contribution >= 4 is 11.6 Å². The molecule has 0 aliphatic heterocycles. The Hall–Kier alpha value is -2.07. The molecule has 1 aromatic carbocycles. The van der Waals surface area contributed by atoms with Crippen molar-refractivity contribution in [1.29, 1.82) is 0 Å². The minimum absolute atomic E-state index is 0.0378. The van der Waals surface area contributed by atoms with E-state index in [4.69, 9.17) is 0 Å². The van der Waals surface area contributed by atoms with Crippen LogP contribution in [0.15, 0.2) is 24.3 Å². The van der Waals surface area contributed by atoms with Gasteiger partial charge in [0.25, 0.3) is 0 Å². The van der Waals surface area contributed by atoms with Crippen LogP contribution in [-0.2, 0) is 4.79 Å². The van der Waals surface area contributed by atoms with Crippen molar-refractivity contribution in [2.75, 3.05) is 12.4 Å². The molecule has 1 aromatic rings. The lowest BCUT2D eigenvalue weighted by molar-refractivity contribution is -0.326. The first-order chi connectivity index (χ1) is 10.4. The molecule has 0 aliphatic carbocycles. The molecule has 0 heterocycles. The van der Waals surface area contributed by atoms with Gasteiger partial charge in [0.1, 0.15) is 5.75 Å². The van der Waals surface area contributed by atoms with Crippen LogP contribution in [0.5, 0.6) is 5.75 Å². The highest BCUT2D eigenvalue weighted by molar-refractivity contribution is 5.97. The van der Waals surface area contributed by atoms with Crippen molar-refractivity contribution in [3.63, 3.8) is 0 Å². The number of rotatable bonds is 6. The number of hydrogen-bond acceptors (Lipinski definition) is 2. The molecule has 0 aliphatic rings. The smallest absolute Gasteiger partial charge is 0.393 e. The van der Waals surface area contributed by atoms with Crippen LogP contribution in [0.3, 0.4) is 0 Å². The second-order valence-corrected chi connectivity index (χ2v) is 4.26. The zero-order valence-corrected chi connectivity index (χ0v) is 11.2. The van der Waals surface area contributed by atoms with E-state index >= 15 is 0 Å². The molecule has 23 heavy (non-hydrogen) atoms. The van der Waals surface area contributed by atoms with Crippen LogP contribution in [0.25, 0.3) is 0 Å². The van der Waals surface area contributed by atoms with Crippen LogP contribution in [0.4, 0.5) is 40.8 Å². The standard InChI is InChI=1S/C12H9F8NO2/c1-23-7-4-2-3-6(5-7)21-9(22)11(17,18)12(19,20)10(15,16)8(13)14/h2-5,8H,1H3,(H,21,22). The van der Waals surface area contributed by atoms with Crippen LogP contribution in [-0.4, -0.2) is 37.2 Å². The Morgan fingerprint density at radius 3 is 2.17 bits per heavy atom. The average molecular weight is 351 g/mol. The van der Waals surface area contributed by atoms with E-state index in [0.29, 0.717) is 0 Å². The van der Waals surface area contributed by atoms with Crippen molar-refractivity contribution < 1.29 is 44.7 Å². The van der Waals surface area contributed by atoms with Gasteiger partial charge in [-0.25, -0.2) is 8.78 Å². The molecule has 130 valence electrons. The van der Waals surface area contributed by atoms with Crippen molar-refractivity contribution in [3.05, 3.63) is 24.3 Å². The summed E-state index contributed by atoms with van der Waals surface area (Å²) in [5, 5.41) is 1.25. The predicted molar refractivity (Wildman–Crippen MR) is 62.5 cm³/mol. The van der Waals surface area contributed by atoms with Gasteiger partial charge in [-0.3, -0.25) is 4.79 Å². The number of methoxy groups -OCH3 is 1. The highest BCUT2D eigenvalue weighted by Crippen LogP contribution is 2.48. The summed E-state index contributed by atoms with van der Waals surface area (Å²) in [5.74, 6) is -21.9. The maximum Gasteiger partial charge on any atom is 0.393 e. The SMILES string of the molecule is COc1cccc(NC(=O)C(F)(F)C(F)(F)C(F)(F)C(F)F)c1. The maximum atomic E-state index is 13.3. The quantitative estimate of drug-likeness (QED) is 0.792. The average Bonchev–Trinajstić information content (AvgIpc) is 2.46. The number of halogens is 8. The second kappa shape index (κ2) is 6.20. The summed E-state index contributed by atoms with van der Waals surface area (Å²) in [7, 11) is 1.17. The molecule has 0 unspecified atom stereocenters. The number of carbonyl (C=O) groups excluding carboxylic acids is 1. The number of hydrogen-bond donors (Lipinski definition) is 1. The number of carbonyl (C=O) groups is 1. The van der Waals surface area contributed by atoms with Gasteiger partial charge in [-0.05, 0) is 12.1 Å². The highest BCUT2D eigenvalue weighted by atomic mass is 19.4. The van der Waals surface area contributed by atoms with Crippen LogP contribution < -0.4 is 10.1 Å². The molecule has 0 atom stereocenters. The Balaban J connectivity index is 3.09. The largest absolute Gasteiger partial charge is 0.497 e. The summed E-state index contributed by atoms with van der Waals surface area (Å²) in [6.07, 6.45) is -5.09. The molecule has 0 aromatic heterocycles. The number of alkyl halides is 8. The van der Waals surface area contributed by atoms with Crippen molar-refractivity contribution in [3.8, 4) is 5.75 Å². The molecule has 11 heteroatoms. The topological polar surface area (TPSA) is 38.3 Å². The van der Waals surface area contributed by atoms with Crippen LogP contribution in [0.2, 0.25) is 0 Å². The van der Waals surface area contributed by atoms with Gasteiger partial charge in [-0.1, -0.05) is 6.07 Å². The summed E-state index contributed by atoms with van der Waals surface area (Å²) in [6, 6.07) is 4.39.